The van der Waals surface area contributed by atoms with Crippen molar-refractivity contribution in [1.29, 1.82) is 0 Å². The number of carboxylic acid groups (broad SMARTS) is 1. The molecule has 0 aliphatic rings. The van der Waals surface area contributed by atoms with Crippen molar-refractivity contribution < 1.29 is 18.3 Å². The van der Waals surface area contributed by atoms with E-state index in [1.165, 1.54) is 6.20 Å². The molecule has 4 aromatic rings. The smallest absolute Gasteiger partial charge is 0.347 e. The van der Waals surface area contributed by atoms with Gasteiger partial charge >= 0.3 is 5.97 Å². The number of aromatic carboxylic acids is 1. The minimum absolute atomic E-state index is 0.107. The summed E-state index contributed by atoms with van der Waals surface area (Å²) in [5.74, 6) is -1.14. The fraction of sp³-hybridized carbons (Fsp3) is 0.100. The summed E-state index contributed by atoms with van der Waals surface area (Å²) in [5, 5.41) is 17.8. The van der Waals surface area contributed by atoms with Crippen LogP contribution >= 0.6 is 23.1 Å². The first-order valence-electron chi connectivity index (χ1n) is 8.99. The van der Waals surface area contributed by atoms with Gasteiger partial charge in [-0.05, 0) is 43.0 Å². The molecular formula is C20H16N4O4S3. The molecule has 0 aliphatic heterocycles. The van der Waals surface area contributed by atoms with E-state index in [2.05, 4.69) is 15.2 Å². The van der Waals surface area contributed by atoms with Crippen LogP contribution in [-0.4, -0.2) is 39.2 Å². The molecule has 2 heterocycles. The minimum atomic E-state index is -3.65. The molecule has 1 N–H and O–H groups in total. The van der Waals surface area contributed by atoms with Gasteiger partial charge in [0.05, 0.1) is 11.1 Å². The van der Waals surface area contributed by atoms with E-state index in [0.717, 1.165) is 28.7 Å². The Kier molecular flexibility index (Phi) is 5.90. The average molecular weight is 473 g/mol. The second-order valence-electron chi connectivity index (χ2n) is 6.54. The first-order chi connectivity index (χ1) is 14.8. The number of carbonyl (C=O) groups is 1. The molecular weight excluding hydrogens is 456 g/mol. The number of nitrogens with zero attached hydrogens (tertiary/aromatic N) is 4. The number of para-hydroxylation sites is 1. The van der Waals surface area contributed by atoms with E-state index in [1.54, 1.807) is 28.8 Å². The summed E-state index contributed by atoms with van der Waals surface area (Å²) in [6, 6.07) is 15.8. The Labute approximate surface area is 186 Å². The van der Waals surface area contributed by atoms with Crippen molar-refractivity contribution in [2.45, 2.75) is 27.1 Å². The number of sulfone groups is 1. The van der Waals surface area contributed by atoms with Crippen LogP contribution in [0, 0.1) is 6.92 Å². The first kappa shape index (κ1) is 21.2. The molecule has 0 radical (unpaired) electrons. The quantitative estimate of drug-likeness (QED) is 0.431. The molecule has 0 fully saturated rings. The highest BCUT2D eigenvalue weighted by atomic mass is 32.2. The van der Waals surface area contributed by atoms with Gasteiger partial charge in [0, 0.05) is 5.69 Å². The summed E-state index contributed by atoms with van der Waals surface area (Å²) in [6.45, 7) is 1.89. The molecule has 31 heavy (non-hydrogen) atoms. The molecule has 0 saturated heterocycles. The fourth-order valence-corrected chi connectivity index (χ4v) is 5.81. The van der Waals surface area contributed by atoms with Gasteiger partial charge in [-0.25, -0.2) is 18.2 Å². The third kappa shape index (κ3) is 4.68. The lowest BCUT2D eigenvalue weighted by Crippen LogP contribution is -2.11. The lowest BCUT2D eigenvalue weighted by Gasteiger charge is -2.10. The molecule has 0 atom stereocenters. The van der Waals surface area contributed by atoms with Crippen LogP contribution in [-0.2, 0) is 15.6 Å². The van der Waals surface area contributed by atoms with Crippen LogP contribution in [0.5, 0.6) is 0 Å². The van der Waals surface area contributed by atoms with Gasteiger partial charge in [0.25, 0.3) is 0 Å². The SMILES string of the molecule is Cc1ccc(S(=O)(=O)Cc2nnc(Sc3ncc(C(=O)O)s3)n2-c2ccccc2)cc1. The van der Waals surface area contributed by atoms with E-state index in [4.69, 9.17) is 5.11 Å². The highest BCUT2D eigenvalue weighted by Gasteiger charge is 2.23. The van der Waals surface area contributed by atoms with E-state index < -0.39 is 15.8 Å². The molecule has 11 heteroatoms. The number of hydrogen-bond acceptors (Lipinski definition) is 8. The Morgan fingerprint density at radius 2 is 1.81 bits per heavy atom. The zero-order valence-corrected chi connectivity index (χ0v) is 18.6. The van der Waals surface area contributed by atoms with E-state index in [9.17, 15) is 13.2 Å². The number of benzene rings is 2. The van der Waals surface area contributed by atoms with E-state index in [0.29, 0.717) is 15.2 Å². The molecule has 8 nitrogen and oxygen atoms in total. The second kappa shape index (κ2) is 8.61. The summed E-state index contributed by atoms with van der Waals surface area (Å²) >= 11 is 2.14. The molecule has 4 rings (SSSR count). The third-order valence-corrected chi connectivity index (χ3v) is 7.92. The largest absolute Gasteiger partial charge is 0.477 e. The van der Waals surface area contributed by atoms with Crippen molar-refractivity contribution in [2.75, 3.05) is 0 Å². The van der Waals surface area contributed by atoms with Crippen LogP contribution in [0.3, 0.4) is 0 Å². The minimum Gasteiger partial charge on any atom is -0.477 e. The molecule has 0 saturated carbocycles. The Balaban J connectivity index is 1.72. The predicted molar refractivity (Wildman–Crippen MR) is 117 cm³/mol. The second-order valence-corrected chi connectivity index (χ2v) is 10.8. The fourth-order valence-electron chi connectivity index (χ4n) is 2.78. The van der Waals surface area contributed by atoms with Crippen LogP contribution in [0.15, 0.2) is 75.2 Å². The van der Waals surface area contributed by atoms with Crippen LogP contribution in [0.4, 0.5) is 0 Å². The molecule has 0 aliphatic carbocycles. The van der Waals surface area contributed by atoms with Crippen molar-refractivity contribution in [3.8, 4) is 5.69 Å². The van der Waals surface area contributed by atoms with Crippen LogP contribution in [0.1, 0.15) is 21.1 Å². The number of carboxylic acids is 1. The van der Waals surface area contributed by atoms with Crippen LogP contribution in [0.25, 0.3) is 5.69 Å². The summed E-state index contributed by atoms with van der Waals surface area (Å²) in [4.78, 5) is 15.6. The predicted octanol–water partition coefficient (Wildman–Crippen LogP) is 3.86. The molecule has 158 valence electrons. The molecule has 0 unspecified atom stereocenters. The summed E-state index contributed by atoms with van der Waals surface area (Å²) in [6.07, 6.45) is 1.28. The zero-order valence-electron chi connectivity index (χ0n) is 16.2. The van der Waals surface area contributed by atoms with Crippen LogP contribution in [0.2, 0.25) is 0 Å². The van der Waals surface area contributed by atoms with Crippen molar-refractivity contribution in [2.24, 2.45) is 0 Å². The topological polar surface area (TPSA) is 115 Å². The summed E-state index contributed by atoms with van der Waals surface area (Å²) in [7, 11) is -3.65. The van der Waals surface area contributed by atoms with Gasteiger partial charge in [0.2, 0.25) is 5.16 Å². The Hall–Kier alpha value is -3.02. The molecule has 0 bridgehead atoms. The maximum Gasteiger partial charge on any atom is 0.347 e. The van der Waals surface area contributed by atoms with Gasteiger partial charge < -0.3 is 5.11 Å². The van der Waals surface area contributed by atoms with Gasteiger partial charge in [-0.15, -0.1) is 21.5 Å². The van der Waals surface area contributed by atoms with Gasteiger partial charge in [-0.3, -0.25) is 4.57 Å². The average Bonchev–Trinajstić information content (AvgIpc) is 3.36. The van der Waals surface area contributed by atoms with Crippen molar-refractivity contribution in [3.63, 3.8) is 0 Å². The van der Waals surface area contributed by atoms with Gasteiger partial charge in [0.1, 0.15) is 10.6 Å². The highest BCUT2D eigenvalue weighted by molar-refractivity contribution is 8.00. The zero-order chi connectivity index (χ0) is 22.0. The molecule has 0 spiro atoms. The monoisotopic (exact) mass is 472 g/mol. The number of thiazole rings is 1. The van der Waals surface area contributed by atoms with Crippen molar-refractivity contribution in [3.05, 3.63) is 77.1 Å². The van der Waals surface area contributed by atoms with Crippen LogP contribution < -0.4 is 0 Å². The standard InChI is InChI=1S/C20H16N4O4S3/c1-13-7-9-15(10-8-13)31(27,28)12-17-22-23-19(24(17)14-5-3-2-4-6-14)30-20-21-11-16(29-20)18(25)26/h2-11H,12H2,1H3,(H,25,26). The van der Waals surface area contributed by atoms with Gasteiger partial charge in [0.15, 0.2) is 20.0 Å². The normalized spacial score (nSPS) is 11.5. The maximum absolute atomic E-state index is 13.0. The summed E-state index contributed by atoms with van der Waals surface area (Å²) < 4.78 is 28.1. The number of rotatable bonds is 7. The van der Waals surface area contributed by atoms with E-state index in [1.807, 2.05) is 37.3 Å². The lowest BCUT2D eigenvalue weighted by molar-refractivity contribution is 0.0702. The lowest BCUT2D eigenvalue weighted by atomic mass is 10.2. The molecule has 2 aromatic carbocycles. The Morgan fingerprint density at radius 1 is 1.10 bits per heavy atom. The number of aryl methyl sites for hydroxylation is 1. The Bertz CT molecular complexity index is 1330. The summed E-state index contributed by atoms with van der Waals surface area (Å²) in [5.41, 5.74) is 1.66. The number of aromatic nitrogens is 4. The van der Waals surface area contributed by atoms with E-state index in [-0.39, 0.29) is 21.3 Å². The van der Waals surface area contributed by atoms with Gasteiger partial charge in [-0.2, -0.15) is 0 Å². The van der Waals surface area contributed by atoms with Crippen molar-refractivity contribution in [1.82, 2.24) is 19.7 Å². The van der Waals surface area contributed by atoms with E-state index >= 15 is 0 Å². The van der Waals surface area contributed by atoms with Gasteiger partial charge in [-0.1, -0.05) is 35.9 Å². The Morgan fingerprint density at radius 3 is 2.45 bits per heavy atom. The first-order valence-corrected chi connectivity index (χ1v) is 12.3. The molecule has 0 amide bonds. The van der Waals surface area contributed by atoms with Crippen molar-refractivity contribution >= 4 is 38.9 Å². The number of hydrogen-bond donors (Lipinski definition) is 1. The molecule has 2 aromatic heterocycles. The maximum atomic E-state index is 13.0. The third-order valence-electron chi connectivity index (χ3n) is 4.29. The highest BCUT2D eigenvalue weighted by Crippen LogP contribution is 2.32.